The molecule has 0 aliphatic rings. The van der Waals surface area contributed by atoms with E-state index in [2.05, 4.69) is 0 Å². The largest absolute Gasteiger partial charge is 0.322 e. The summed E-state index contributed by atoms with van der Waals surface area (Å²) in [5.41, 5.74) is 5.76. The van der Waals surface area contributed by atoms with E-state index >= 15 is 0 Å². The van der Waals surface area contributed by atoms with Crippen molar-refractivity contribution in [1.82, 2.24) is 0 Å². The molecule has 4 heteroatoms. The van der Waals surface area contributed by atoms with Gasteiger partial charge in [0.2, 0.25) is 0 Å². The molecular weight excluding hydrogens is 186 g/mol. The molecule has 0 heterocycles. The summed E-state index contributed by atoms with van der Waals surface area (Å²) in [6.45, 7) is 6.15. The smallest absolute Gasteiger partial charge is 0.127 e. The molecule has 0 bridgehead atoms. The van der Waals surface area contributed by atoms with E-state index in [-0.39, 0.29) is 6.04 Å². The standard InChI is InChI=1S/C8H19NOSSi/c1-11-6-5-7(9)8(10)12(2,3)4/h7H,5-6,9H2,1-4H3/t7-/m0/s1. The van der Waals surface area contributed by atoms with Gasteiger partial charge in [0.1, 0.15) is 13.5 Å². The van der Waals surface area contributed by atoms with Crippen LogP contribution in [0.4, 0.5) is 0 Å². The summed E-state index contributed by atoms with van der Waals surface area (Å²) in [5.74, 6) is 0.984. The number of thioether (sulfide) groups is 1. The van der Waals surface area contributed by atoms with E-state index in [0.29, 0.717) is 5.41 Å². The average molecular weight is 205 g/mol. The number of rotatable bonds is 5. The average Bonchev–Trinajstić information content (AvgIpc) is 1.97. The predicted molar refractivity (Wildman–Crippen MR) is 59.3 cm³/mol. The number of nitrogens with two attached hydrogens (primary N) is 1. The van der Waals surface area contributed by atoms with Gasteiger partial charge in [-0.15, -0.1) is 0 Å². The van der Waals surface area contributed by atoms with Gasteiger partial charge >= 0.3 is 0 Å². The molecule has 72 valence electrons. The molecule has 0 spiro atoms. The summed E-state index contributed by atoms with van der Waals surface area (Å²) in [6.07, 6.45) is 2.86. The molecule has 1 atom stereocenters. The second-order valence-electron chi connectivity index (χ2n) is 4.00. The molecule has 2 nitrogen and oxygen atoms in total. The SMILES string of the molecule is CSCC[C@H](N)C(=O)[Si](C)(C)C. The van der Waals surface area contributed by atoms with Crippen molar-refractivity contribution in [2.24, 2.45) is 5.73 Å². The van der Waals surface area contributed by atoms with Crippen LogP contribution in [0.5, 0.6) is 0 Å². The summed E-state index contributed by atoms with van der Waals surface area (Å²) < 4.78 is 0. The first kappa shape index (κ1) is 12.2. The summed E-state index contributed by atoms with van der Waals surface area (Å²) in [4.78, 5) is 11.6. The second-order valence-corrected chi connectivity index (χ2v) is 9.98. The number of carbonyl (C=O) groups excluding carboxylic acids is 1. The van der Waals surface area contributed by atoms with Gasteiger partial charge in [0.25, 0.3) is 0 Å². The molecule has 0 aromatic heterocycles. The maximum Gasteiger partial charge on any atom is 0.127 e. The highest BCUT2D eigenvalue weighted by Gasteiger charge is 2.28. The van der Waals surface area contributed by atoms with Crippen molar-refractivity contribution in [2.75, 3.05) is 12.0 Å². The maximum atomic E-state index is 11.6. The molecule has 2 N–H and O–H groups in total. The molecule has 0 fully saturated rings. The van der Waals surface area contributed by atoms with Crippen molar-refractivity contribution in [3.63, 3.8) is 0 Å². The molecule has 0 rings (SSSR count). The van der Waals surface area contributed by atoms with Crippen molar-refractivity contribution in [3.8, 4) is 0 Å². The van der Waals surface area contributed by atoms with Gasteiger partial charge in [0.15, 0.2) is 0 Å². The van der Waals surface area contributed by atoms with E-state index in [4.69, 9.17) is 5.73 Å². The van der Waals surface area contributed by atoms with Crippen LogP contribution in [0, 0.1) is 0 Å². The first-order valence-electron chi connectivity index (χ1n) is 4.18. The van der Waals surface area contributed by atoms with Gasteiger partial charge in [0.05, 0.1) is 6.04 Å². The van der Waals surface area contributed by atoms with Crippen LogP contribution in [0.1, 0.15) is 6.42 Å². The first-order valence-corrected chi connectivity index (χ1v) is 9.08. The molecule has 0 unspecified atom stereocenters. The van der Waals surface area contributed by atoms with Gasteiger partial charge in [-0.25, -0.2) is 0 Å². The molecule has 0 amide bonds. The summed E-state index contributed by atoms with van der Waals surface area (Å²) in [5, 5.41) is 0.302. The van der Waals surface area contributed by atoms with E-state index < -0.39 is 8.07 Å². The Bertz CT molecular complexity index is 156. The third-order valence-electron chi connectivity index (χ3n) is 1.71. The Labute approximate surface area is 80.3 Å². The third-order valence-corrected chi connectivity index (χ3v) is 4.20. The molecule has 0 aromatic carbocycles. The minimum Gasteiger partial charge on any atom is -0.322 e. The van der Waals surface area contributed by atoms with Crippen molar-refractivity contribution in [1.29, 1.82) is 0 Å². The van der Waals surface area contributed by atoms with Crippen LogP contribution >= 0.6 is 11.8 Å². The van der Waals surface area contributed by atoms with Crippen LogP contribution in [0.2, 0.25) is 19.6 Å². The molecule has 0 saturated heterocycles. The van der Waals surface area contributed by atoms with Gasteiger partial charge in [-0.05, 0) is 18.4 Å². The monoisotopic (exact) mass is 205 g/mol. The predicted octanol–water partition coefficient (Wildman–Crippen LogP) is 1.51. The first-order chi connectivity index (χ1) is 5.39. The van der Waals surface area contributed by atoms with Gasteiger partial charge in [-0.1, -0.05) is 19.6 Å². The lowest BCUT2D eigenvalue weighted by atomic mass is 10.3. The zero-order valence-electron chi connectivity index (χ0n) is 8.39. The molecule has 0 radical (unpaired) electrons. The lowest BCUT2D eigenvalue weighted by Crippen LogP contribution is -2.46. The van der Waals surface area contributed by atoms with E-state index in [1.807, 2.05) is 25.9 Å². The van der Waals surface area contributed by atoms with Gasteiger partial charge in [0, 0.05) is 0 Å². The quantitative estimate of drug-likeness (QED) is 0.692. The lowest BCUT2D eigenvalue weighted by Gasteiger charge is -2.19. The van der Waals surface area contributed by atoms with Crippen LogP contribution in [-0.4, -0.2) is 31.5 Å². The molecule has 0 aliphatic carbocycles. The topological polar surface area (TPSA) is 43.1 Å². The van der Waals surface area contributed by atoms with E-state index in [9.17, 15) is 4.79 Å². The Morgan fingerprint density at radius 2 is 2.00 bits per heavy atom. The number of hydrogen-bond acceptors (Lipinski definition) is 3. The van der Waals surface area contributed by atoms with Crippen molar-refractivity contribution in [2.45, 2.75) is 32.1 Å². The van der Waals surface area contributed by atoms with E-state index in [1.165, 1.54) is 0 Å². The highest BCUT2D eigenvalue weighted by atomic mass is 32.2. The Kier molecular flexibility index (Phi) is 5.12. The fourth-order valence-corrected chi connectivity index (χ4v) is 2.68. The molecule has 12 heavy (non-hydrogen) atoms. The molecule has 0 aromatic rings. The van der Waals surface area contributed by atoms with Gasteiger partial charge in [-0.3, -0.25) is 0 Å². The summed E-state index contributed by atoms with van der Waals surface area (Å²) in [7, 11) is -1.65. The number of carbonyl (C=O) groups is 1. The van der Waals surface area contributed by atoms with Gasteiger partial charge in [-0.2, -0.15) is 11.8 Å². The third kappa shape index (κ3) is 4.28. The van der Waals surface area contributed by atoms with Crippen LogP contribution in [-0.2, 0) is 4.79 Å². The Morgan fingerprint density at radius 1 is 1.50 bits per heavy atom. The van der Waals surface area contributed by atoms with Crippen LogP contribution in [0.15, 0.2) is 0 Å². The van der Waals surface area contributed by atoms with E-state index in [1.54, 1.807) is 11.8 Å². The van der Waals surface area contributed by atoms with E-state index in [0.717, 1.165) is 12.2 Å². The van der Waals surface area contributed by atoms with Crippen LogP contribution in [0.3, 0.4) is 0 Å². The van der Waals surface area contributed by atoms with Crippen molar-refractivity contribution in [3.05, 3.63) is 0 Å². The van der Waals surface area contributed by atoms with Crippen molar-refractivity contribution >= 4 is 25.2 Å². The minimum atomic E-state index is -1.65. The summed E-state index contributed by atoms with van der Waals surface area (Å²) in [6, 6.07) is -0.218. The normalized spacial score (nSPS) is 14.4. The Hall–Kier alpha value is 0.197. The Balaban J connectivity index is 3.94. The molecule has 0 saturated carbocycles. The maximum absolute atomic E-state index is 11.6. The van der Waals surface area contributed by atoms with Gasteiger partial charge < -0.3 is 10.5 Å². The summed E-state index contributed by atoms with van der Waals surface area (Å²) >= 11 is 1.74. The second kappa shape index (κ2) is 5.04. The van der Waals surface area contributed by atoms with Crippen LogP contribution in [0.25, 0.3) is 0 Å². The minimum absolute atomic E-state index is 0.218. The lowest BCUT2D eigenvalue weighted by molar-refractivity contribution is -0.113. The highest BCUT2D eigenvalue weighted by Crippen LogP contribution is 2.08. The fraction of sp³-hybridized carbons (Fsp3) is 0.875. The zero-order valence-corrected chi connectivity index (χ0v) is 10.2. The van der Waals surface area contributed by atoms with Crippen molar-refractivity contribution < 1.29 is 4.79 Å². The number of hydrogen-bond donors (Lipinski definition) is 1. The zero-order chi connectivity index (χ0) is 9.78. The fourth-order valence-electron chi connectivity index (χ4n) is 0.932. The highest BCUT2D eigenvalue weighted by molar-refractivity contribution is 7.98. The van der Waals surface area contributed by atoms with Crippen LogP contribution < -0.4 is 5.73 Å². The Morgan fingerprint density at radius 3 is 2.33 bits per heavy atom. The molecule has 0 aliphatic heterocycles. The molecular formula is C8H19NOSSi.